The summed E-state index contributed by atoms with van der Waals surface area (Å²) >= 11 is 5.76. The maximum atomic E-state index is 11.8. The number of carbonyl (C=O) groups is 1. The van der Waals surface area contributed by atoms with Gasteiger partial charge in [0.2, 0.25) is 0 Å². The molecule has 0 fully saturated rings. The Morgan fingerprint density at radius 1 is 0.941 bits per heavy atom. The third-order valence-corrected chi connectivity index (χ3v) is 2.61. The molecule has 17 heavy (non-hydrogen) atoms. The molecule has 0 unspecified atom stereocenters. The lowest BCUT2D eigenvalue weighted by molar-refractivity contribution is 0.104. The molecule has 0 N–H and O–H groups in total. The van der Waals surface area contributed by atoms with E-state index in [1.165, 1.54) is 0 Å². The van der Waals surface area contributed by atoms with Crippen LogP contribution in [0, 0.1) is 0 Å². The van der Waals surface area contributed by atoms with Gasteiger partial charge >= 0.3 is 0 Å². The molecule has 0 amide bonds. The van der Waals surface area contributed by atoms with Gasteiger partial charge in [0, 0.05) is 10.6 Å². The number of allylic oxidation sites excluding steroid dienone is 1. The number of halogens is 1. The lowest BCUT2D eigenvalue weighted by Crippen LogP contribution is -1.92. The minimum atomic E-state index is -0.0227. The number of ketones is 1. The number of carbonyl (C=O) groups excluding carboxylic acids is 1. The van der Waals surface area contributed by atoms with Crippen LogP contribution in [0.1, 0.15) is 15.9 Å². The maximum Gasteiger partial charge on any atom is 0.185 e. The zero-order valence-corrected chi connectivity index (χ0v) is 9.89. The zero-order chi connectivity index (χ0) is 12.1. The Morgan fingerprint density at radius 2 is 1.59 bits per heavy atom. The van der Waals surface area contributed by atoms with E-state index in [-0.39, 0.29) is 5.78 Å². The lowest BCUT2D eigenvalue weighted by Gasteiger charge is -1.96. The zero-order valence-electron chi connectivity index (χ0n) is 9.14. The highest BCUT2D eigenvalue weighted by molar-refractivity contribution is 6.30. The van der Waals surface area contributed by atoms with Crippen LogP contribution in [-0.2, 0) is 0 Å². The largest absolute Gasteiger partial charge is 0.289 e. The lowest BCUT2D eigenvalue weighted by atomic mass is 10.1. The van der Waals surface area contributed by atoms with Gasteiger partial charge in [0.15, 0.2) is 5.78 Å². The summed E-state index contributed by atoms with van der Waals surface area (Å²) in [5, 5.41) is 0.633. The molecule has 0 radical (unpaired) electrons. The van der Waals surface area contributed by atoms with E-state index in [0.717, 1.165) is 5.56 Å². The second-order valence-electron chi connectivity index (χ2n) is 3.62. The Kier molecular flexibility index (Phi) is 3.73. The van der Waals surface area contributed by atoms with Crippen molar-refractivity contribution in [2.75, 3.05) is 0 Å². The van der Waals surface area contributed by atoms with Crippen LogP contribution in [-0.4, -0.2) is 5.78 Å². The minimum Gasteiger partial charge on any atom is -0.289 e. The van der Waals surface area contributed by atoms with Crippen molar-refractivity contribution >= 4 is 23.5 Å². The van der Waals surface area contributed by atoms with E-state index in [0.29, 0.717) is 10.6 Å². The van der Waals surface area contributed by atoms with Crippen molar-refractivity contribution < 1.29 is 4.79 Å². The summed E-state index contributed by atoms with van der Waals surface area (Å²) in [5.74, 6) is -0.0227. The van der Waals surface area contributed by atoms with E-state index in [2.05, 4.69) is 0 Å². The highest BCUT2D eigenvalue weighted by atomic mass is 35.5. The van der Waals surface area contributed by atoms with Gasteiger partial charge in [-0.15, -0.1) is 0 Å². The van der Waals surface area contributed by atoms with E-state index in [1.807, 2.05) is 30.3 Å². The minimum absolute atomic E-state index is 0.0227. The fourth-order valence-electron chi connectivity index (χ4n) is 1.45. The highest BCUT2D eigenvalue weighted by Gasteiger charge is 2.00. The third kappa shape index (κ3) is 3.30. The molecule has 0 aliphatic rings. The van der Waals surface area contributed by atoms with Crippen molar-refractivity contribution in [1.29, 1.82) is 0 Å². The molecule has 0 bridgehead atoms. The van der Waals surface area contributed by atoms with Crippen molar-refractivity contribution in [3.8, 4) is 0 Å². The topological polar surface area (TPSA) is 17.1 Å². The monoisotopic (exact) mass is 242 g/mol. The molecule has 0 aromatic heterocycles. The van der Waals surface area contributed by atoms with Crippen molar-refractivity contribution in [3.63, 3.8) is 0 Å². The van der Waals surface area contributed by atoms with Gasteiger partial charge in [-0.1, -0.05) is 48.0 Å². The normalized spacial score (nSPS) is 10.6. The van der Waals surface area contributed by atoms with Crippen molar-refractivity contribution in [2.45, 2.75) is 0 Å². The first-order valence-electron chi connectivity index (χ1n) is 5.29. The molecule has 0 aliphatic heterocycles. The first kappa shape index (κ1) is 11.6. The van der Waals surface area contributed by atoms with E-state index in [9.17, 15) is 4.79 Å². The molecular formula is C15H11ClO. The summed E-state index contributed by atoms with van der Waals surface area (Å²) in [4.78, 5) is 11.8. The van der Waals surface area contributed by atoms with Crippen LogP contribution in [0.2, 0.25) is 5.02 Å². The number of benzene rings is 2. The third-order valence-electron chi connectivity index (χ3n) is 2.36. The molecule has 0 spiro atoms. The molecule has 0 saturated heterocycles. The Morgan fingerprint density at radius 3 is 2.24 bits per heavy atom. The Labute approximate surface area is 105 Å². The standard InChI is InChI=1S/C15H11ClO/c16-14-9-7-13(8-10-14)15(17)11-6-12-4-2-1-3-5-12/h1-11H/b11-6+. The number of hydrogen-bond donors (Lipinski definition) is 0. The predicted molar refractivity (Wildman–Crippen MR) is 71.3 cm³/mol. The summed E-state index contributed by atoms with van der Waals surface area (Å²) in [5.41, 5.74) is 1.65. The van der Waals surface area contributed by atoms with E-state index >= 15 is 0 Å². The Hall–Kier alpha value is -1.86. The Balaban J connectivity index is 2.12. The molecule has 2 aromatic rings. The van der Waals surface area contributed by atoms with Gasteiger partial charge < -0.3 is 0 Å². The molecular weight excluding hydrogens is 232 g/mol. The second-order valence-corrected chi connectivity index (χ2v) is 4.05. The van der Waals surface area contributed by atoms with Gasteiger partial charge in [0.25, 0.3) is 0 Å². The molecule has 2 aromatic carbocycles. The summed E-state index contributed by atoms with van der Waals surface area (Å²) in [6.07, 6.45) is 3.37. The van der Waals surface area contributed by atoms with Crippen LogP contribution in [0.5, 0.6) is 0 Å². The van der Waals surface area contributed by atoms with Crippen LogP contribution in [0.15, 0.2) is 60.7 Å². The average molecular weight is 243 g/mol. The fourth-order valence-corrected chi connectivity index (χ4v) is 1.57. The average Bonchev–Trinajstić information content (AvgIpc) is 2.38. The smallest absolute Gasteiger partial charge is 0.185 e. The predicted octanol–water partition coefficient (Wildman–Crippen LogP) is 4.24. The van der Waals surface area contributed by atoms with Crippen molar-refractivity contribution in [1.82, 2.24) is 0 Å². The first-order valence-corrected chi connectivity index (χ1v) is 5.66. The summed E-state index contributed by atoms with van der Waals surface area (Å²) in [6, 6.07) is 16.6. The Bertz CT molecular complexity index is 527. The van der Waals surface area contributed by atoms with Gasteiger partial charge in [0.05, 0.1) is 0 Å². The summed E-state index contributed by atoms with van der Waals surface area (Å²) in [7, 11) is 0. The summed E-state index contributed by atoms with van der Waals surface area (Å²) < 4.78 is 0. The van der Waals surface area contributed by atoms with Gasteiger partial charge in [-0.2, -0.15) is 0 Å². The van der Waals surface area contributed by atoms with Crippen LogP contribution in [0.25, 0.3) is 6.08 Å². The number of hydrogen-bond acceptors (Lipinski definition) is 1. The van der Waals surface area contributed by atoms with Crippen LogP contribution >= 0.6 is 11.6 Å². The number of rotatable bonds is 3. The molecule has 2 heteroatoms. The first-order chi connectivity index (χ1) is 8.25. The van der Waals surface area contributed by atoms with E-state index in [4.69, 9.17) is 11.6 Å². The highest BCUT2D eigenvalue weighted by Crippen LogP contribution is 2.11. The van der Waals surface area contributed by atoms with Gasteiger partial charge in [0.1, 0.15) is 0 Å². The fraction of sp³-hybridized carbons (Fsp3) is 0. The quantitative estimate of drug-likeness (QED) is 0.581. The van der Waals surface area contributed by atoms with E-state index in [1.54, 1.807) is 36.4 Å². The molecule has 0 saturated carbocycles. The molecule has 0 aliphatic carbocycles. The van der Waals surface area contributed by atoms with Crippen LogP contribution in [0.3, 0.4) is 0 Å². The molecule has 0 heterocycles. The maximum absolute atomic E-state index is 11.8. The van der Waals surface area contributed by atoms with Gasteiger partial charge in [-0.3, -0.25) is 4.79 Å². The van der Waals surface area contributed by atoms with Crippen molar-refractivity contribution in [2.24, 2.45) is 0 Å². The van der Waals surface area contributed by atoms with Crippen molar-refractivity contribution in [3.05, 3.63) is 76.8 Å². The molecule has 1 nitrogen and oxygen atoms in total. The van der Waals surface area contributed by atoms with Crippen LogP contribution < -0.4 is 0 Å². The van der Waals surface area contributed by atoms with Crippen LogP contribution in [0.4, 0.5) is 0 Å². The van der Waals surface area contributed by atoms with Gasteiger partial charge in [-0.05, 0) is 35.9 Å². The SMILES string of the molecule is O=C(/C=C/c1ccccc1)c1ccc(Cl)cc1. The molecule has 2 rings (SSSR count). The van der Waals surface area contributed by atoms with Gasteiger partial charge in [-0.25, -0.2) is 0 Å². The molecule has 84 valence electrons. The van der Waals surface area contributed by atoms with E-state index < -0.39 is 0 Å². The second kappa shape index (κ2) is 5.46. The summed E-state index contributed by atoms with van der Waals surface area (Å²) in [6.45, 7) is 0. The molecule has 0 atom stereocenters.